The molecule has 5 heteroatoms. The quantitative estimate of drug-likeness (QED) is 0.785. The number of hydrogen-bond acceptors (Lipinski definition) is 3. The summed E-state index contributed by atoms with van der Waals surface area (Å²) in [6.45, 7) is 0. The maximum absolute atomic E-state index is 10.9. The van der Waals surface area contributed by atoms with Gasteiger partial charge in [0.25, 0.3) is 0 Å². The van der Waals surface area contributed by atoms with E-state index < -0.39 is 9.05 Å². The summed E-state index contributed by atoms with van der Waals surface area (Å²) in [5, 5.41) is 0. The standard InChI is InChI=1S/C10H11ClO2S2/c11-15(12,13)7-5-8-2-1-3-10-9(8)4-6-14-10/h1-3H,4-7H2. The van der Waals surface area contributed by atoms with Crippen LogP contribution in [0.2, 0.25) is 0 Å². The zero-order valence-corrected chi connectivity index (χ0v) is 10.5. The van der Waals surface area contributed by atoms with Gasteiger partial charge in [-0.2, -0.15) is 0 Å². The van der Waals surface area contributed by atoms with E-state index in [2.05, 4.69) is 6.07 Å². The van der Waals surface area contributed by atoms with Crippen LogP contribution >= 0.6 is 22.4 Å². The number of benzene rings is 1. The van der Waals surface area contributed by atoms with Gasteiger partial charge < -0.3 is 0 Å². The summed E-state index contributed by atoms with van der Waals surface area (Å²) in [4.78, 5) is 1.29. The average Bonchev–Trinajstić information content (AvgIpc) is 2.61. The first-order valence-corrected chi connectivity index (χ1v) is 8.18. The monoisotopic (exact) mass is 262 g/mol. The predicted molar refractivity (Wildman–Crippen MR) is 64.2 cm³/mol. The fraction of sp³-hybridized carbons (Fsp3) is 0.400. The maximum atomic E-state index is 10.9. The first kappa shape index (κ1) is 11.3. The van der Waals surface area contributed by atoms with Crippen molar-refractivity contribution in [1.29, 1.82) is 0 Å². The van der Waals surface area contributed by atoms with Crippen molar-refractivity contribution in [3.05, 3.63) is 29.3 Å². The lowest BCUT2D eigenvalue weighted by Crippen LogP contribution is -2.03. The molecule has 0 radical (unpaired) electrons. The second kappa shape index (κ2) is 4.36. The minimum atomic E-state index is -3.37. The zero-order valence-electron chi connectivity index (χ0n) is 8.07. The van der Waals surface area contributed by atoms with E-state index in [-0.39, 0.29) is 5.75 Å². The number of rotatable bonds is 3. The molecule has 0 bridgehead atoms. The number of thioether (sulfide) groups is 1. The van der Waals surface area contributed by atoms with Crippen LogP contribution in [0.15, 0.2) is 23.1 Å². The van der Waals surface area contributed by atoms with Crippen molar-refractivity contribution in [3.63, 3.8) is 0 Å². The van der Waals surface area contributed by atoms with Gasteiger partial charge in [-0.25, -0.2) is 8.42 Å². The van der Waals surface area contributed by atoms with Gasteiger partial charge in [-0.3, -0.25) is 0 Å². The third-order valence-corrected chi connectivity index (χ3v) is 4.71. The minimum absolute atomic E-state index is 0.0235. The van der Waals surface area contributed by atoms with Crippen LogP contribution in [-0.2, 0) is 21.9 Å². The Morgan fingerprint density at radius 1 is 1.40 bits per heavy atom. The van der Waals surface area contributed by atoms with Gasteiger partial charge in [0.05, 0.1) is 5.75 Å². The lowest BCUT2D eigenvalue weighted by atomic mass is 10.0. The van der Waals surface area contributed by atoms with Crippen molar-refractivity contribution in [3.8, 4) is 0 Å². The van der Waals surface area contributed by atoms with Crippen molar-refractivity contribution in [1.82, 2.24) is 0 Å². The average molecular weight is 263 g/mol. The summed E-state index contributed by atoms with van der Waals surface area (Å²) >= 11 is 1.83. The highest BCUT2D eigenvalue weighted by atomic mass is 35.7. The fourth-order valence-electron chi connectivity index (χ4n) is 1.76. The van der Waals surface area contributed by atoms with Crippen LogP contribution in [0.1, 0.15) is 11.1 Å². The van der Waals surface area contributed by atoms with Crippen molar-refractivity contribution < 1.29 is 8.42 Å². The van der Waals surface area contributed by atoms with Crippen molar-refractivity contribution in [2.75, 3.05) is 11.5 Å². The summed E-state index contributed by atoms with van der Waals surface area (Å²) < 4.78 is 21.7. The molecule has 1 aromatic rings. The highest BCUT2D eigenvalue weighted by molar-refractivity contribution is 8.13. The zero-order chi connectivity index (χ0) is 10.9. The van der Waals surface area contributed by atoms with E-state index in [1.165, 1.54) is 10.5 Å². The Kier molecular flexibility index (Phi) is 3.28. The van der Waals surface area contributed by atoms with Crippen LogP contribution < -0.4 is 0 Å². The van der Waals surface area contributed by atoms with Crippen LogP contribution in [0.3, 0.4) is 0 Å². The van der Waals surface area contributed by atoms with E-state index in [9.17, 15) is 8.42 Å². The van der Waals surface area contributed by atoms with E-state index >= 15 is 0 Å². The van der Waals surface area contributed by atoms with E-state index in [0.29, 0.717) is 6.42 Å². The van der Waals surface area contributed by atoms with E-state index in [1.54, 1.807) is 0 Å². The molecule has 2 nitrogen and oxygen atoms in total. The molecule has 0 saturated carbocycles. The van der Waals surface area contributed by atoms with Crippen LogP contribution in [0.25, 0.3) is 0 Å². The van der Waals surface area contributed by atoms with Crippen molar-refractivity contribution in [2.45, 2.75) is 17.7 Å². The summed E-state index contributed by atoms with van der Waals surface area (Å²) in [6.07, 6.45) is 1.56. The van der Waals surface area contributed by atoms with E-state index in [0.717, 1.165) is 17.7 Å². The maximum Gasteiger partial charge on any atom is 0.232 e. The number of aryl methyl sites for hydroxylation is 1. The molecule has 2 rings (SSSR count). The molecule has 82 valence electrons. The molecule has 0 unspecified atom stereocenters. The molecule has 1 aliphatic rings. The van der Waals surface area contributed by atoms with E-state index in [4.69, 9.17) is 10.7 Å². The summed E-state index contributed by atoms with van der Waals surface area (Å²) in [7, 11) is 1.83. The first-order valence-electron chi connectivity index (χ1n) is 4.72. The number of halogens is 1. The third-order valence-electron chi connectivity index (χ3n) is 2.45. The Labute approximate surface area is 98.4 Å². The molecule has 0 fully saturated rings. The van der Waals surface area contributed by atoms with Gasteiger partial charge in [-0.15, -0.1) is 11.8 Å². The Morgan fingerprint density at radius 2 is 2.20 bits per heavy atom. The van der Waals surface area contributed by atoms with Gasteiger partial charge in [-0.1, -0.05) is 12.1 Å². The SMILES string of the molecule is O=S(=O)(Cl)CCc1cccc2c1CCS2. The fourth-order valence-corrected chi connectivity index (χ4v) is 3.56. The molecule has 15 heavy (non-hydrogen) atoms. The van der Waals surface area contributed by atoms with Gasteiger partial charge in [-0.05, 0) is 30.0 Å². The highest BCUT2D eigenvalue weighted by Gasteiger charge is 2.16. The summed E-state index contributed by atoms with van der Waals surface area (Å²) in [5.74, 6) is 1.12. The molecular weight excluding hydrogens is 252 g/mol. The Balaban J connectivity index is 2.19. The van der Waals surface area contributed by atoms with Gasteiger partial charge in [0, 0.05) is 21.3 Å². The minimum Gasteiger partial charge on any atom is -0.212 e. The molecule has 1 heterocycles. The molecule has 0 aliphatic carbocycles. The van der Waals surface area contributed by atoms with E-state index in [1.807, 2.05) is 23.9 Å². The summed E-state index contributed by atoms with van der Waals surface area (Å²) in [5.41, 5.74) is 2.43. The van der Waals surface area contributed by atoms with Gasteiger partial charge in [0.15, 0.2) is 0 Å². The second-order valence-electron chi connectivity index (χ2n) is 3.49. The Bertz CT molecular complexity index is 468. The largest absolute Gasteiger partial charge is 0.232 e. The molecule has 0 spiro atoms. The van der Waals surface area contributed by atoms with Crippen LogP contribution in [-0.4, -0.2) is 19.9 Å². The third kappa shape index (κ3) is 2.89. The predicted octanol–water partition coefficient (Wildman–Crippen LogP) is 2.45. The molecule has 1 aromatic carbocycles. The van der Waals surface area contributed by atoms with Gasteiger partial charge in [0.1, 0.15) is 0 Å². The number of hydrogen-bond donors (Lipinski definition) is 0. The first-order chi connectivity index (χ1) is 7.06. The molecule has 0 N–H and O–H groups in total. The molecule has 0 saturated heterocycles. The van der Waals surface area contributed by atoms with Crippen LogP contribution in [0, 0.1) is 0 Å². The molecule has 0 amide bonds. The molecule has 0 aromatic heterocycles. The molecule has 1 aliphatic heterocycles. The molecular formula is C10H11ClO2S2. The van der Waals surface area contributed by atoms with Crippen LogP contribution in [0.4, 0.5) is 0 Å². The molecule has 0 atom stereocenters. The van der Waals surface area contributed by atoms with Crippen LogP contribution in [0.5, 0.6) is 0 Å². The van der Waals surface area contributed by atoms with Gasteiger partial charge >= 0.3 is 0 Å². The lowest BCUT2D eigenvalue weighted by Gasteiger charge is -2.05. The summed E-state index contributed by atoms with van der Waals surface area (Å²) in [6, 6.07) is 6.06. The number of fused-ring (bicyclic) bond motifs is 1. The van der Waals surface area contributed by atoms with Gasteiger partial charge in [0.2, 0.25) is 9.05 Å². The van der Waals surface area contributed by atoms with Crippen molar-refractivity contribution >= 4 is 31.5 Å². The lowest BCUT2D eigenvalue weighted by molar-refractivity contribution is 0.608. The topological polar surface area (TPSA) is 34.1 Å². The second-order valence-corrected chi connectivity index (χ2v) is 7.52. The normalized spacial score (nSPS) is 15.3. The Morgan fingerprint density at radius 3 is 2.93 bits per heavy atom. The highest BCUT2D eigenvalue weighted by Crippen LogP contribution is 2.33. The Hall–Kier alpha value is -0.190. The van der Waals surface area contributed by atoms with Crippen molar-refractivity contribution in [2.24, 2.45) is 0 Å². The smallest absolute Gasteiger partial charge is 0.212 e.